The number of Topliss-reactive ketones (excluding diaryl/α,β-unsaturated/α-hetero) is 2. The second-order valence-electron chi connectivity index (χ2n) is 7.48. The number of rotatable bonds is 10. The first-order valence-corrected chi connectivity index (χ1v) is 10.6. The van der Waals surface area contributed by atoms with Crippen LogP contribution in [0.1, 0.15) is 84.1 Å². The number of thiophene rings is 1. The van der Waals surface area contributed by atoms with Crippen molar-refractivity contribution in [3.05, 3.63) is 57.3 Å². The number of hydrogen-bond acceptors (Lipinski definition) is 4. The molecule has 1 atom stereocenters. The molecule has 0 aliphatic carbocycles. The van der Waals surface area contributed by atoms with E-state index in [0.717, 1.165) is 10.4 Å². The van der Waals surface area contributed by atoms with Crippen molar-refractivity contribution in [2.75, 3.05) is 0 Å². The van der Waals surface area contributed by atoms with Crippen molar-refractivity contribution in [2.24, 2.45) is 0 Å². The Morgan fingerprint density at radius 1 is 0.857 bits per heavy atom. The molecule has 150 valence electrons. The minimum absolute atomic E-state index is 0.00521. The van der Waals surface area contributed by atoms with Gasteiger partial charge in [0.15, 0.2) is 5.78 Å². The zero-order valence-corrected chi connectivity index (χ0v) is 17.9. The fourth-order valence-electron chi connectivity index (χ4n) is 2.91. The minimum atomic E-state index is -0.144. The van der Waals surface area contributed by atoms with Gasteiger partial charge >= 0.3 is 0 Å². The van der Waals surface area contributed by atoms with E-state index in [9.17, 15) is 14.4 Å². The van der Waals surface area contributed by atoms with Gasteiger partial charge in [-0.15, -0.1) is 11.3 Å². The molecule has 4 nitrogen and oxygen atoms in total. The van der Waals surface area contributed by atoms with Crippen LogP contribution in [0.3, 0.4) is 0 Å². The molecule has 2 rings (SSSR count). The van der Waals surface area contributed by atoms with Gasteiger partial charge in [0.25, 0.3) is 0 Å². The third-order valence-corrected chi connectivity index (χ3v) is 5.80. The van der Waals surface area contributed by atoms with E-state index in [-0.39, 0.29) is 49.2 Å². The van der Waals surface area contributed by atoms with E-state index in [2.05, 4.69) is 31.3 Å². The second-order valence-corrected chi connectivity index (χ2v) is 8.77. The third kappa shape index (κ3) is 6.71. The fourth-order valence-corrected chi connectivity index (χ4v) is 3.74. The normalized spacial score (nSPS) is 12.0. The predicted octanol–water partition coefficient (Wildman–Crippen LogP) is 5.37. The maximum absolute atomic E-state index is 12.1. The van der Waals surface area contributed by atoms with Gasteiger partial charge in [0, 0.05) is 30.6 Å². The number of carbonyl (C=O) groups excluding carboxylic acids is 3. The summed E-state index contributed by atoms with van der Waals surface area (Å²) in [5.41, 5.74) is 2.31. The Kier molecular flexibility index (Phi) is 8.12. The van der Waals surface area contributed by atoms with Gasteiger partial charge in [0.1, 0.15) is 5.78 Å². The maximum atomic E-state index is 12.1. The number of amides is 1. The van der Waals surface area contributed by atoms with E-state index in [1.165, 1.54) is 16.9 Å². The van der Waals surface area contributed by atoms with Crippen LogP contribution in [0.5, 0.6) is 0 Å². The van der Waals surface area contributed by atoms with Gasteiger partial charge in [-0.05, 0) is 43.0 Å². The number of carbonyl (C=O) groups is 3. The van der Waals surface area contributed by atoms with Gasteiger partial charge in [0.05, 0.1) is 10.9 Å². The Bertz CT molecular complexity index is 821. The quantitative estimate of drug-likeness (QED) is 0.546. The number of hydrogen-bond donors (Lipinski definition) is 1. The van der Waals surface area contributed by atoms with Crippen molar-refractivity contribution < 1.29 is 14.4 Å². The highest BCUT2D eigenvalue weighted by Gasteiger charge is 2.14. The van der Waals surface area contributed by atoms with E-state index in [4.69, 9.17) is 0 Å². The fraction of sp³-hybridized carbons (Fsp3) is 0.435. The molecule has 0 bridgehead atoms. The molecule has 2 aromatic rings. The summed E-state index contributed by atoms with van der Waals surface area (Å²) in [6.45, 7) is 8.18. The van der Waals surface area contributed by atoms with Crippen LogP contribution >= 0.6 is 11.3 Å². The summed E-state index contributed by atoms with van der Waals surface area (Å²) in [5, 5.41) is 2.94. The highest BCUT2D eigenvalue weighted by molar-refractivity contribution is 7.14. The molecule has 5 heteroatoms. The first-order valence-electron chi connectivity index (χ1n) is 9.76. The Morgan fingerprint density at radius 3 is 2.04 bits per heavy atom. The third-order valence-electron chi connectivity index (χ3n) is 4.76. The summed E-state index contributed by atoms with van der Waals surface area (Å²) in [5.74, 6) is 0.273. The number of aryl methyl sites for hydroxylation is 1. The van der Waals surface area contributed by atoms with Crippen molar-refractivity contribution in [3.63, 3.8) is 0 Å². The van der Waals surface area contributed by atoms with E-state index < -0.39 is 0 Å². The molecule has 1 N–H and O–H groups in total. The van der Waals surface area contributed by atoms with Gasteiger partial charge in [0.2, 0.25) is 5.91 Å². The molecule has 1 aromatic heterocycles. The van der Waals surface area contributed by atoms with Crippen LogP contribution in [0.4, 0.5) is 0 Å². The van der Waals surface area contributed by atoms with Gasteiger partial charge in [-0.1, -0.05) is 38.1 Å². The van der Waals surface area contributed by atoms with Crippen LogP contribution in [0.2, 0.25) is 0 Å². The minimum Gasteiger partial charge on any atom is -0.350 e. The van der Waals surface area contributed by atoms with Crippen molar-refractivity contribution >= 4 is 28.8 Å². The predicted molar refractivity (Wildman–Crippen MR) is 114 cm³/mol. The zero-order valence-electron chi connectivity index (χ0n) is 17.1. The molecule has 0 saturated heterocycles. The largest absolute Gasteiger partial charge is 0.350 e. The zero-order chi connectivity index (χ0) is 20.7. The van der Waals surface area contributed by atoms with Gasteiger partial charge in [-0.25, -0.2) is 0 Å². The maximum Gasteiger partial charge on any atom is 0.220 e. The van der Waals surface area contributed by atoms with Crippen molar-refractivity contribution in [1.82, 2.24) is 5.32 Å². The average Bonchev–Trinajstić information content (AvgIpc) is 3.11. The summed E-state index contributed by atoms with van der Waals surface area (Å²) in [6, 6.07) is 11.8. The average molecular weight is 400 g/mol. The van der Waals surface area contributed by atoms with Crippen molar-refractivity contribution in [2.45, 2.75) is 65.3 Å². The molecule has 1 unspecified atom stereocenters. The molecule has 0 fully saturated rings. The lowest BCUT2D eigenvalue weighted by Crippen LogP contribution is -2.27. The van der Waals surface area contributed by atoms with Crippen LogP contribution in [0.25, 0.3) is 0 Å². The van der Waals surface area contributed by atoms with Crippen LogP contribution in [-0.2, 0) is 9.59 Å². The lowest BCUT2D eigenvalue weighted by molar-refractivity contribution is -0.125. The van der Waals surface area contributed by atoms with Crippen molar-refractivity contribution in [3.8, 4) is 0 Å². The van der Waals surface area contributed by atoms with E-state index in [1.54, 1.807) is 6.07 Å². The first-order chi connectivity index (χ1) is 13.3. The summed E-state index contributed by atoms with van der Waals surface area (Å²) < 4.78 is 0. The van der Waals surface area contributed by atoms with Gasteiger partial charge in [-0.3, -0.25) is 14.4 Å². The Morgan fingerprint density at radius 2 is 1.46 bits per heavy atom. The molecule has 28 heavy (non-hydrogen) atoms. The van der Waals surface area contributed by atoms with Crippen LogP contribution in [0.15, 0.2) is 36.4 Å². The standard InChI is InChI=1S/C23H29NO3S/c1-15(2)18-6-8-19(9-7-18)17(4)24-23(27)14-11-20(25)10-12-21(26)22-13-5-16(3)28-22/h5-9,13,15,17H,10-12,14H2,1-4H3,(H,24,27). The molecular weight excluding hydrogens is 370 g/mol. The molecule has 1 heterocycles. The van der Waals surface area contributed by atoms with Crippen LogP contribution in [-0.4, -0.2) is 17.5 Å². The topological polar surface area (TPSA) is 63.2 Å². The number of nitrogens with one attached hydrogen (secondary N) is 1. The Labute approximate surface area is 171 Å². The lowest BCUT2D eigenvalue weighted by Gasteiger charge is -2.15. The Hall–Kier alpha value is -2.27. The molecule has 0 spiro atoms. The molecule has 1 amide bonds. The monoisotopic (exact) mass is 399 g/mol. The molecule has 0 radical (unpaired) electrons. The van der Waals surface area contributed by atoms with E-state index in [1.807, 2.05) is 32.0 Å². The Balaban J connectivity index is 1.72. The molecule has 1 aromatic carbocycles. The summed E-state index contributed by atoms with van der Waals surface area (Å²) in [7, 11) is 0. The summed E-state index contributed by atoms with van der Waals surface area (Å²) >= 11 is 1.45. The van der Waals surface area contributed by atoms with E-state index >= 15 is 0 Å². The summed E-state index contributed by atoms with van der Waals surface area (Å²) in [6.07, 6.45) is 0.718. The molecule has 0 aliphatic rings. The lowest BCUT2D eigenvalue weighted by atomic mass is 9.99. The number of benzene rings is 1. The highest BCUT2D eigenvalue weighted by Crippen LogP contribution is 2.19. The molecular formula is C23H29NO3S. The van der Waals surface area contributed by atoms with E-state index in [0.29, 0.717) is 10.8 Å². The van der Waals surface area contributed by atoms with Gasteiger partial charge in [-0.2, -0.15) is 0 Å². The second kappa shape index (κ2) is 10.3. The highest BCUT2D eigenvalue weighted by atomic mass is 32.1. The van der Waals surface area contributed by atoms with Gasteiger partial charge < -0.3 is 5.32 Å². The van der Waals surface area contributed by atoms with Crippen molar-refractivity contribution in [1.29, 1.82) is 0 Å². The summed E-state index contributed by atoms with van der Waals surface area (Å²) in [4.78, 5) is 38.0. The van der Waals surface area contributed by atoms with Crippen LogP contribution < -0.4 is 5.32 Å². The smallest absolute Gasteiger partial charge is 0.220 e. The molecule has 0 aliphatic heterocycles. The van der Waals surface area contributed by atoms with Crippen LogP contribution in [0, 0.1) is 6.92 Å². The number of ketones is 2. The SMILES string of the molecule is Cc1ccc(C(=O)CCC(=O)CCC(=O)NC(C)c2ccc(C(C)C)cc2)s1. The molecule has 0 saturated carbocycles. The first kappa shape index (κ1) is 22.0.